The summed E-state index contributed by atoms with van der Waals surface area (Å²) < 4.78 is 0. The molecule has 0 fully saturated rings. The summed E-state index contributed by atoms with van der Waals surface area (Å²) in [5.74, 6) is 0. The molecule has 0 aliphatic rings. The molecule has 0 heterocycles. The predicted molar refractivity (Wildman–Crippen MR) is 151 cm³/mol. The molecule has 40 heavy (non-hydrogen) atoms. The standard InChI is InChI=1S/C32H18N4O4/c37-17-33-24-12-10-22(11-13-24)15-27-23(14-21-6-2-1-3-7-21)16-28(34-18-38)30-29(27)31(35-19-39)25-8-4-5-9-26(25)32(30)36-20-40/h1-13,16H,14-15H2. The number of rotatable bonds is 8. The van der Waals surface area contributed by atoms with Gasteiger partial charge in [-0.05, 0) is 53.3 Å². The highest BCUT2D eigenvalue weighted by Gasteiger charge is 2.23. The van der Waals surface area contributed by atoms with Crippen molar-refractivity contribution in [3.63, 3.8) is 0 Å². The van der Waals surface area contributed by atoms with E-state index in [-0.39, 0.29) is 11.4 Å². The molecule has 5 aromatic carbocycles. The first-order chi connectivity index (χ1) is 19.7. The van der Waals surface area contributed by atoms with E-state index in [0.717, 1.165) is 22.3 Å². The van der Waals surface area contributed by atoms with Gasteiger partial charge < -0.3 is 0 Å². The van der Waals surface area contributed by atoms with Crippen LogP contribution in [0.15, 0.2) is 105 Å². The molecule has 0 aromatic heterocycles. The summed E-state index contributed by atoms with van der Waals surface area (Å²) >= 11 is 0. The van der Waals surface area contributed by atoms with Crippen LogP contribution in [0.25, 0.3) is 21.5 Å². The zero-order valence-corrected chi connectivity index (χ0v) is 20.9. The van der Waals surface area contributed by atoms with Crippen LogP contribution in [0, 0.1) is 0 Å². The van der Waals surface area contributed by atoms with E-state index < -0.39 is 0 Å². The van der Waals surface area contributed by atoms with Crippen LogP contribution in [0.5, 0.6) is 0 Å². The first-order valence-electron chi connectivity index (χ1n) is 12.2. The van der Waals surface area contributed by atoms with Crippen LogP contribution < -0.4 is 0 Å². The number of benzene rings is 5. The van der Waals surface area contributed by atoms with Crippen LogP contribution in [0.4, 0.5) is 22.7 Å². The van der Waals surface area contributed by atoms with Crippen molar-refractivity contribution < 1.29 is 19.2 Å². The van der Waals surface area contributed by atoms with Crippen molar-refractivity contribution in [3.05, 3.63) is 107 Å². The predicted octanol–water partition coefficient (Wildman–Crippen LogP) is 7.04. The lowest BCUT2D eigenvalue weighted by molar-refractivity contribution is 0.564. The highest BCUT2D eigenvalue weighted by molar-refractivity contribution is 6.23. The third-order valence-electron chi connectivity index (χ3n) is 6.63. The second kappa shape index (κ2) is 11.7. The molecular weight excluding hydrogens is 504 g/mol. The highest BCUT2D eigenvalue weighted by atomic mass is 16.1. The van der Waals surface area contributed by atoms with Gasteiger partial charge in [0.2, 0.25) is 24.3 Å². The summed E-state index contributed by atoms with van der Waals surface area (Å²) in [5.41, 5.74) is 4.76. The highest BCUT2D eigenvalue weighted by Crippen LogP contribution is 2.49. The average Bonchev–Trinajstić information content (AvgIpc) is 2.98. The minimum atomic E-state index is 0.234. The summed E-state index contributed by atoms with van der Waals surface area (Å²) in [7, 11) is 0. The van der Waals surface area contributed by atoms with Crippen molar-refractivity contribution in [3.8, 4) is 0 Å². The van der Waals surface area contributed by atoms with E-state index in [4.69, 9.17) is 0 Å². The molecule has 0 saturated carbocycles. The molecule has 190 valence electrons. The van der Waals surface area contributed by atoms with E-state index in [1.54, 1.807) is 60.7 Å². The second-order valence-electron chi connectivity index (χ2n) is 8.84. The lowest BCUT2D eigenvalue weighted by atomic mass is 9.86. The molecule has 0 radical (unpaired) electrons. The SMILES string of the molecule is O=C=Nc1ccc(Cc2c(Cc3ccccc3)cc(N=C=O)c3c(N=C=O)c4ccccc4c(N=C=O)c23)cc1. The van der Waals surface area contributed by atoms with Gasteiger partial charge in [0.05, 0.1) is 22.7 Å². The van der Waals surface area contributed by atoms with Gasteiger partial charge in [-0.25, -0.2) is 19.2 Å². The largest absolute Gasteiger partial charge is 0.240 e. The van der Waals surface area contributed by atoms with Gasteiger partial charge in [-0.15, -0.1) is 0 Å². The first-order valence-corrected chi connectivity index (χ1v) is 12.2. The Hall–Kier alpha value is -5.86. The third kappa shape index (κ3) is 4.98. The maximum absolute atomic E-state index is 11.7. The van der Waals surface area contributed by atoms with Crippen molar-refractivity contribution in [2.45, 2.75) is 12.8 Å². The van der Waals surface area contributed by atoms with Crippen LogP contribution in [-0.2, 0) is 32.0 Å². The van der Waals surface area contributed by atoms with Gasteiger partial charge >= 0.3 is 0 Å². The molecule has 0 spiro atoms. The van der Waals surface area contributed by atoms with Gasteiger partial charge in [0, 0.05) is 21.5 Å². The average molecular weight is 523 g/mol. The Morgan fingerprint density at radius 2 is 1.07 bits per heavy atom. The number of hydrogen-bond donors (Lipinski definition) is 0. The monoisotopic (exact) mass is 522 g/mol. The van der Waals surface area contributed by atoms with Crippen LogP contribution in [0.3, 0.4) is 0 Å². The zero-order valence-electron chi connectivity index (χ0n) is 20.9. The Morgan fingerprint density at radius 1 is 0.525 bits per heavy atom. The summed E-state index contributed by atoms with van der Waals surface area (Å²) in [4.78, 5) is 61.3. The van der Waals surface area contributed by atoms with Crippen LogP contribution in [0.1, 0.15) is 22.3 Å². The summed E-state index contributed by atoms with van der Waals surface area (Å²) in [6.07, 6.45) is 7.27. The summed E-state index contributed by atoms with van der Waals surface area (Å²) in [6.45, 7) is 0. The zero-order chi connectivity index (χ0) is 27.9. The first kappa shape index (κ1) is 25.8. The molecule has 0 amide bonds. The normalized spacial score (nSPS) is 10.2. The molecule has 0 unspecified atom stereocenters. The second-order valence-corrected chi connectivity index (χ2v) is 8.84. The van der Waals surface area contributed by atoms with Crippen molar-refractivity contribution in [2.24, 2.45) is 20.0 Å². The van der Waals surface area contributed by atoms with Crippen LogP contribution in [-0.4, -0.2) is 24.3 Å². The number of aliphatic imine (C=N–C) groups is 4. The Labute approximate surface area is 227 Å². The van der Waals surface area contributed by atoms with E-state index in [2.05, 4.69) is 20.0 Å². The number of carbonyl (C=O) groups excluding carboxylic acids is 4. The Kier molecular flexibility index (Phi) is 7.53. The van der Waals surface area contributed by atoms with Crippen molar-refractivity contribution in [1.82, 2.24) is 0 Å². The molecule has 8 heteroatoms. The fourth-order valence-corrected chi connectivity index (χ4v) is 5.01. The van der Waals surface area contributed by atoms with Gasteiger partial charge in [-0.1, -0.05) is 66.7 Å². The molecule has 0 aliphatic heterocycles. The van der Waals surface area contributed by atoms with Crippen molar-refractivity contribution in [2.75, 3.05) is 0 Å². The lowest BCUT2D eigenvalue weighted by Crippen LogP contribution is -2.00. The molecule has 8 nitrogen and oxygen atoms in total. The van der Waals surface area contributed by atoms with Gasteiger partial charge in [-0.2, -0.15) is 20.0 Å². The molecule has 0 aliphatic carbocycles. The van der Waals surface area contributed by atoms with Crippen LogP contribution in [0.2, 0.25) is 0 Å². The van der Waals surface area contributed by atoms with Crippen LogP contribution >= 0.6 is 0 Å². The summed E-state index contributed by atoms with van der Waals surface area (Å²) in [5, 5.41) is 1.98. The Morgan fingerprint density at radius 3 is 1.68 bits per heavy atom. The summed E-state index contributed by atoms with van der Waals surface area (Å²) in [6, 6.07) is 25.7. The van der Waals surface area contributed by atoms with E-state index >= 15 is 0 Å². The number of nitrogens with zero attached hydrogens (tertiary/aromatic N) is 4. The molecular formula is C32H18N4O4. The third-order valence-corrected chi connectivity index (χ3v) is 6.63. The minimum Gasteiger partial charge on any atom is -0.211 e. The Balaban J connectivity index is 1.96. The molecule has 0 N–H and O–H groups in total. The maximum Gasteiger partial charge on any atom is 0.240 e. The van der Waals surface area contributed by atoms with Gasteiger partial charge in [0.25, 0.3) is 0 Å². The number of isocyanates is 4. The number of fused-ring (bicyclic) bond motifs is 2. The molecule has 0 saturated heterocycles. The van der Waals surface area contributed by atoms with Gasteiger partial charge in [-0.3, -0.25) is 0 Å². The van der Waals surface area contributed by atoms with E-state index in [1.807, 2.05) is 42.5 Å². The van der Waals surface area contributed by atoms with Crippen molar-refractivity contribution >= 4 is 68.6 Å². The minimum absolute atomic E-state index is 0.234. The molecule has 0 atom stereocenters. The molecule has 0 bridgehead atoms. The lowest BCUT2D eigenvalue weighted by Gasteiger charge is -2.19. The van der Waals surface area contributed by atoms with E-state index in [1.165, 1.54) is 6.08 Å². The fourth-order valence-electron chi connectivity index (χ4n) is 5.01. The van der Waals surface area contributed by atoms with Crippen molar-refractivity contribution in [1.29, 1.82) is 0 Å². The number of hydrogen-bond acceptors (Lipinski definition) is 8. The smallest absolute Gasteiger partial charge is 0.211 e. The van der Waals surface area contributed by atoms with E-state index in [9.17, 15) is 19.2 Å². The maximum atomic E-state index is 11.7. The molecule has 5 rings (SSSR count). The topological polar surface area (TPSA) is 118 Å². The molecule has 5 aromatic rings. The van der Waals surface area contributed by atoms with Gasteiger partial charge in [0.15, 0.2) is 0 Å². The Bertz CT molecular complexity index is 1960. The quantitative estimate of drug-likeness (QED) is 0.123. The fraction of sp³-hybridized carbons (Fsp3) is 0.0625. The van der Waals surface area contributed by atoms with E-state index in [0.29, 0.717) is 45.8 Å². The van der Waals surface area contributed by atoms with Gasteiger partial charge in [0.1, 0.15) is 0 Å².